The van der Waals surface area contributed by atoms with Crippen LogP contribution in [0.1, 0.15) is 10.4 Å². The maximum atomic E-state index is 13.9. The molecule has 0 atom stereocenters. The second kappa shape index (κ2) is 7.11. The van der Waals surface area contributed by atoms with E-state index in [1.54, 1.807) is 0 Å². The van der Waals surface area contributed by atoms with E-state index in [9.17, 15) is 22.0 Å². The van der Waals surface area contributed by atoms with E-state index in [1.165, 1.54) is 41.5 Å². The Bertz CT molecular complexity index is 1060. The third kappa shape index (κ3) is 3.77. The summed E-state index contributed by atoms with van der Waals surface area (Å²) in [6, 6.07) is 6.89. The molecule has 8 nitrogen and oxygen atoms in total. The molecule has 2 aromatic carbocycles. The summed E-state index contributed by atoms with van der Waals surface area (Å²) in [6.07, 6.45) is 2.93. The molecule has 0 saturated heterocycles. The Morgan fingerprint density at radius 3 is 2.15 bits per heavy atom. The summed E-state index contributed by atoms with van der Waals surface area (Å²) in [4.78, 5) is 12.5. The number of benzene rings is 2. The molecule has 0 radical (unpaired) electrons. The van der Waals surface area contributed by atoms with Gasteiger partial charge in [0.2, 0.25) is 0 Å². The third-order valence-corrected chi connectivity index (χ3v) is 4.88. The van der Waals surface area contributed by atoms with Crippen molar-refractivity contribution in [3.8, 4) is 5.69 Å². The van der Waals surface area contributed by atoms with Gasteiger partial charge in [-0.25, -0.2) is 22.0 Å². The number of aromatic nitrogens is 3. The normalized spacial score (nSPS) is 11.2. The van der Waals surface area contributed by atoms with Crippen LogP contribution in [0.2, 0.25) is 0 Å². The first-order valence-electron chi connectivity index (χ1n) is 7.39. The zero-order valence-electron chi connectivity index (χ0n) is 13.8. The highest BCUT2D eigenvalue weighted by atomic mass is 32.2. The Labute approximate surface area is 152 Å². The minimum absolute atomic E-state index is 0.142. The molecule has 0 aliphatic heterocycles. The van der Waals surface area contributed by atoms with Crippen molar-refractivity contribution >= 4 is 21.7 Å². The largest absolute Gasteiger partial charge is 0.465 e. The van der Waals surface area contributed by atoms with Crippen molar-refractivity contribution in [3.05, 3.63) is 66.0 Å². The van der Waals surface area contributed by atoms with E-state index >= 15 is 0 Å². The average Bonchev–Trinajstić information content (AvgIpc) is 3.15. The number of nitrogens with zero attached hydrogens (tertiary/aromatic N) is 3. The quantitative estimate of drug-likeness (QED) is 0.665. The van der Waals surface area contributed by atoms with E-state index in [0.717, 1.165) is 7.11 Å². The summed E-state index contributed by atoms with van der Waals surface area (Å²) in [6.45, 7) is 0. The monoisotopic (exact) mass is 394 g/mol. The maximum absolute atomic E-state index is 13.9. The fourth-order valence-corrected chi connectivity index (χ4v) is 3.29. The number of anilines is 1. The zero-order chi connectivity index (χ0) is 19.6. The van der Waals surface area contributed by atoms with Gasteiger partial charge in [-0.3, -0.25) is 4.72 Å². The lowest BCUT2D eigenvalue weighted by atomic mass is 10.2. The molecular formula is C16H12F2N4O4S. The Morgan fingerprint density at radius 2 is 1.63 bits per heavy atom. The molecule has 1 heterocycles. The van der Waals surface area contributed by atoms with Crippen LogP contribution in [-0.4, -0.2) is 36.5 Å². The van der Waals surface area contributed by atoms with Crippen molar-refractivity contribution in [2.45, 2.75) is 4.90 Å². The SMILES string of the molecule is COC(=O)c1c(F)cc(NS(=O)(=O)c2ccc(-n3nccn3)cc2)cc1F. The summed E-state index contributed by atoms with van der Waals surface area (Å²) in [7, 11) is -3.15. The molecule has 0 spiro atoms. The molecule has 0 aliphatic rings. The van der Waals surface area contributed by atoms with Gasteiger partial charge in [0.05, 0.1) is 35.8 Å². The highest BCUT2D eigenvalue weighted by molar-refractivity contribution is 7.92. The van der Waals surface area contributed by atoms with E-state index in [2.05, 4.69) is 19.7 Å². The lowest BCUT2D eigenvalue weighted by molar-refractivity contribution is 0.0590. The van der Waals surface area contributed by atoms with Crippen molar-refractivity contribution in [3.63, 3.8) is 0 Å². The van der Waals surface area contributed by atoms with E-state index in [-0.39, 0.29) is 10.6 Å². The molecule has 11 heteroatoms. The Hall–Kier alpha value is -3.34. The van der Waals surface area contributed by atoms with Crippen LogP contribution in [0.15, 0.2) is 53.7 Å². The number of sulfonamides is 1. The van der Waals surface area contributed by atoms with Crippen molar-refractivity contribution in [1.82, 2.24) is 15.0 Å². The van der Waals surface area contributed by atoms with Crippen LogP contribution in [0.25, 0.3) is 5.69 Å². The first-order valence-corrected chi connectivity index (χ1v) is 8.87. The Morgan fingerprint density at radius 1 is 1.07 bits per heavy atom. The summed E-state index contributed by atoms with van der Waals surface area (Å²) in [5.41, 5.74) is -0.759. The molecule has 0 bridgehead atoms. The van der Waals surface area contributed by atoms with Crippen molar-refractivity contribution in [1.29, 1.82) is 0 Å². The first-order chi connectivity index (χ1) is 12.8. The summed E-state index contributed by atoms with van der Waals surface area (Å²) >= 11 is 0. The maximum Gasteiger partial charge on any atom is 0.343 e. The van der Waals surface area contributed by atoms with Gasteiger partial charge in [0.25, 0.3) is 10.0 Å². The fourth-order valence-electron chi connectivity index (χ4n) is 2.25. The molecule has 0 fully saturated rings. The number of halogens is 2. The van der Waals surface area contributed by atoms with Gasteiger partial charge in [0, 0.05) is 0 Å². The number of nitrogens with one attached hydrogen (secondary N) is 1. The summed E-state index contributed by atoms with van der Waals surface area (Å²) in [5, 5.41) is 7.83. The van der Waals surface area contributed by atoms with Crippen LogP contribution in [0.3, 0.4) is 0 Å². The molecule has 27 heavy (non-hydrogen) atoms. The zero-order valence-corrected chi connectivity index (χ0v) is 14.6. The summed E-state index contributed by atoms with van der Waals surface area (Å²) < 4.78 is 59.0. The molecule has 3 aromatic rings. The van der Waals surface area contributed by atoms with E-state index in [4.69, 9.17) is 0 Å². The molecule has 0 amide bonds. The van der Waals surface area contributed by atoms with Crippen molar-refractivity contribution in [2.75, 3.05) is 11.8 Å². The van der Waals surface area contributed by atoms with Crippen LogP contribution in [0.5, 0.6) is 0 Å². The summed E-state index contributed by atoms with van der Waals surface area (Å²) in [5.74, 6) is -3.71. The number of carbonyl (C=O) groups is 1. The number of carbonyl (C=O) groups excluding carboxylic acids is 1. The molecule has 3 rings (SSSR count). The van der Waals surface area contributed by atoms with Crippen molar-refractivity contribution < 1.29 is 26.7 Å². The second-order valence-corrected chi connectivity index (χ2v) is 6.91. The molecular weight excluding hydrogens is 382 g/mol. The van der Waals surface area contributed by atoms with Crippen molar-refractivity contribution in [2.24, 2.45) is 0 Å². The molecule has 1 N–H and O–H groups in total. The van der Waals surface area contributed by atoms with E-state index in [0.29, 0.717) is 17.8 Å². The van der Waals surface area contributed by atoms with Gasteiger partial charge in [-0.1, -0.05) is 0 Å². The Balaban J connectivity index is 1.87. The fraction of sp³-hybridized carbons (Fsp3) is 0.0625. The minimum Gasteiger partial charge on any atom is -0.465 e. The number of rotatable bonds is 5. The third-order valence-electron chi connectivity index (χ3n) is 3.48. The molecule has 0 aliphatic carbocycles. The first kappa shape index (κ1) is 18.5. The highest BCUT2D eigenvalue weighted by Crippen LogP contribution is 2.23. The van der Waals surface area contributed by atoms with Gasteiger partial charge in [-0.05, 0) is 36.4 Å². The smallest absolute Gasteiger partial charge is 0.343 e. The van der Waals surface area contributed by atoms with Crippen LogP contribution in [0.4, 0.5) is 14.5 Å². The topological polar surface area (TPSA) is 103 Å². The van der Waals surface area contributed by atoms with E-state index < -0.39 is 33.2 Å². The molecule has 0 saturated carbocycles. The predicted molar refractivity (Wildman–Crippen MR) is 89.9 cm³/mol. The predicted octanol–water partition coefficient (Wildman–Crippen LogP) is 2.13. The molecule has 1 aromatic heterocycles. The second-order valence-electron chi connectivity index (χ2n) is 5.22. The van der Waals surface area contributed by atoms with Gasteiger partial charge < -0.3 is 4.74 Å². The van der Waals surface area contributed by atoms with Gasteiger partial charge >= 0.3 is 5.97 Å². The van der Waals surface area contributed by atoms with Crippen LogP contribution in [0, 0.1) is 11.6 Å². The highest BCUT2D eigenvalue weighted by Gasteiger charge is 2.21. The van der Waals surface area contributed by atoms with E-state index in [1.807, 2.05) is 0 Å². The van der Waals surface area contributed by atoms with Gasteiger partial charge in [-0.2, -0.15) is 15.0 Å². The standard InChI is InChI=1S/C16H12F2N4O4S/c1-26-16(23)15-13(17)8-10(9-14(15)18)21-27(24,25)12-4-2-11(3-5-12)22-19-6-7-20-22/h2-9,21H,1H3. The number of hydrogen-bond donors (Lipinski definition) is 1. The van der Waals surface area contributed by atoms with Gasteiger partial charge in [-0.15, -0.1) is 0 Å². The number of esters is 1. The lowest BCUT2D eigenvalue weighted by Crippen LogP contribution is -2.15. The van der Waals surface area contributed by atoms with Crippen LogP contribution < -0.4 is 4.72 Å². The Kier molecular flexibility index (Phi) is 4.86. The lowest BCUT2D eigenvalue weighted by Gasteiger charge is -2.10. The molecule has 0 unspecified atom stereocenters. The van der Waals surface area contributed by atoms with Crippen LogP contribution in [-0.2, 0) is 14.8 Å². The number of ether oxygens (including phenoxy) is 1. The number of hydrogen-bond acceptors (Lipinski definition) is 6. The van der Waals surface area contributed by atoms with Gasteiger partial charge in [0.15, 0.2) is 0 Å². The van der Waals surface area contributed by atoms with Gasteiger partial charge in [0.1, 0.15) is 17.2 Å². The molecule has 140 valence electrons. The minimum atomic E-state index is -4.12. The van der Waals surface area contributed by atoms with Crippen LogP contribution >= 0.6 is 0 Å². The average molecular weight is 394 g/mol. The number of methoxy groups -OCH3 is 1.